The molecule has 0 aliphatic heterocycles. The Morgan fingerprint density at radius 1 is 0.538 bits per heavy atom. The van der Waals surface area contributed by atoms with Crippen molar-refractivity contribution in [3.05, 3.63) is 82.8 Å². The molecule has 4 rings (SSSR count). The second-order valence-corrected chi connectivity index (χ2v) is 11.8. The molecule has 0 saturated carbocycles. The van der Waals surface area contributed by atoms with Gasteiger partial charge in [-0.05, 0) is 38.1 Å². The van der Waals surface area contributed by atoms with Crippen molar-refractivity contribution >= 4 is 69.3 Å². The lowest BCUT2D eigenvalue weighted by molar-refractivity contribution is -0.127. The number of rotatable bonds is 15. The summed E-state index contributed by atoms with van der Waals surface area (Å²) < 4.78 is 20.9. The molecule has 0 aliphatic rings. The number of carbonyl (C=O) groups excluding carboxylic acids is 4. The summed E-state index contributed by atoms with van der Waals surface area (Å²) in [5.41, 5.74) is 2.31. The second kappa shape index (κ2) is 17.9. The molecule has 0 bridgehead atoms. The van der Waals surface area contributed by atoms with Gasteiger partial charge in [-0.25, -0.2) is 0 Å². The van der Waals surface area contributed by atoms with Gasteiger partial charge in [0.1, 0.15) is 23.0 Å². The molecule has 0 radical (unpaired) electrons. The molecule has 0 fully saturated rings. The van der Waals surface area contributed by atoms with Crippen LogP contribution in [0.1, 0.15) is 13.8 Å². The van der Waals surface area contributed by atoms with Crippen molar-refractivity contribution < 1.29 is 38.1 Å². The Morgan fingerprint density at radius 3 is 1.13 bits per heavy atom. The summed E-state index contributed by atoms with van der Waals surface area (Å²) in [6.07, 6.45) is 0. The minimum absolute atomic E-state index is 0.252. The van der Waals surface area contributed by atoms with E-state index in [9.17, 15) is 19.2 Å². The van der Waals surface area contributed by atoms with Crippen LogP contribution >= 0.6 is 23.2 Å². The number of ketones is 2. The van der Waals surface area contributed by atoms with Gasteiger partial charge in [0.05, 0.1) is 49.9 Å². The fourth-order valence-corrected chi connectivity index (χ4v) is 5.19. The summed E-state index contributed by atoms with van der Waals surface area (Å²) in [6, 6.07) is 16.1. The molecule has 2 amide bonds. The number of amides is 2. The highest BCUT2D eigenvalue weighted by molar-refractivity contribution is 6.36. The Balaban J connectivity index is 1.48. The van der Waals surface area contributed by atoms with Gasteiger partial charge in [0.2, 0.25) is 12.1 Å². The van der Waals surface area contributed by atoms with Crippen molar-refractivity contribution in [2.45, 2.75) is 25.9 Å². The maximum atomic E-state index is 12.9. The largest absolute Gasteiger partial charge is 0.497 e. The molecular weight excluding hydrogens is 715 g/mol. The smallest absolute Gasteiger partial charge is 0.258 e. The van der Waals surface area contributed by atoms with Crippen LogP contribution < -0.4 is 29.6 Å². The highest BCUT2D eigenvalue weighted by atomic mass is 35.5. The Kier molecular flexibility index (Phi) is 13.4. The van der Waals surface area contributed by atoms with E-state index in [2.05, 4.69) is 31.1 Å². The van der Waals surface area contributed by atoms with E-state index in [1.165, 1.54) is 54.4 Å². The van der Waals surface area contributed by atoms with Crippen LogP contribution in [0.3, 0.4) is 0 Å². The number of hydrogen-bond donors (Lipinski definition) is 2. The van der Waals surface area contributed by atoms with Gasteiger partial charge >= 0.3 is 0 Å². The first kappa shape index (κ1) is 38.9. The number of azo groups is 2. The van der Waals surface area contributed by atoms with Gasteiger partial charge in [-0.2, -0.15) is 20.5 Å². The maximum absolute atomic E-state index is 12.9. The van der Waals surface area contributed by atoms with Crippen molar-refractivity contribution in [1.82, 2.24) is 0 Å². The number of anilines is 2. The van der Waals surface area contributed by atoms with Crippen molar-refractivity contribution in [3.63, 3.8) is 0 Å². The number of nitrogens with one attached hydrogen (secondary N) is 2. The van der Waals surface area contributed by atoms with Gasteiger partial charge in [-0.15, -0.1) is 0 Å². The molecule has 0 heterocycles. The first-order chi connectivity index (χ1) is 24.8. The lowest BCUT2D eigenvalue weighted by atomic mass is 10.0. The average molecular weight is 750 g/mol. The third-order valence-corrected chi connectivity index (χ3v) is 7.90. The molecular formula is C36H34Cl2N6O8. The molecule has 2 atom stereocenters. The predicted octanol–water partition coefficient (Wildman–Crippen LogP) is 8.05. The van der Waals surface area contributed by atoms with Crippen LogP contribution in [-0.4, -0.2) is 63.9 Å². The van der Waals surface area contributed by atoms with E-state index in [0.29, 0.717) is 45.5 Å². The molecule has 16 heteroatoms. The minimum atomic E-state index is -1.44. The van der Waals surface area contributed by atoms with E-state index >= 15 is 0 Å². The summed E-state index contributed by atoms with van der Waals surface area (Å²) in [5, 5.41) is 21.9. The summed E-state index contributed by atoms with van der Waals surface area (Å²) in [5.74, 6) is -0.697. The fraction of sp³-hybridized carbons (Fsp3) is 0.222. The van der Waals surface area contributed by atoms with Gasteiger partial charge in [0, 0.05) is 58.9 Å². The number of nitrogens with zero attached hydrogens (tertiary/aromatic N) is 4. The Bertz CT molecular complexity index is 1870. The normalized spacial score (nSPS) is 12.2. The zero-order valence-electron chi connectivity index (χ0n) is 28.9. The van der Waals surface area contributed by atoms with Crippen molar-refractivity contribution in [2.24, 2.45) is 20.5 Å². The highest BCUT2D eigenvalue weighted by Gasteiger charge is 2.25. The molecule has 4 aromatic rings. The molecule has 52 heavy (non-hydrogen) atoms. The molecule has 0 spiro atoms. The Labute approximate surface area is 309 Å². The van der Waals surface area contributed by atoms with Gasteiger partial charge in [-0.3, -0.25) is 19.2 Å². The van der Waals surface area contributed by atoms with Crippen LogP contribution in [0.25, 0.3) is 11.1 Å². The highest BCUT2D eigenvalue weighted by Crippen LogP contribution is 2.37. The molecule has 0 aromatic heterocycles. The van der Waals surface area contributed by atoms with Gasteiger partial charge in [0.15, 0.2) is 11.6 Å². The van der Waals surface area contributed by atoms with Crippen LogP contribution in [0.15, 0.2) is 93.3 Å². The molecule has 2 unspecified atom stereocenters. The van der Waals surface area contributed by atoms with E-state index < -0.39 is 35.5 Å². The first-order valence-electron chi connectivity index (χ1n) is 15.4. The third kappa shape index (κ3) is 10.1. The van der Waals surface area contributed by atoms with Crippen LogP contribution in [0.2, 0.25) is 10.0 Å². The van der Waals surface area contributed by atoms with Crippen LogP contribution in [0.5, 0.6) is 23.0 Å². The Hall–Kier alpha value is -5.86. The standard InChI is InChI=1S/C36H34Cl2N6O8/c1-19(45)33(35(47)39-23-11-25(49-3)17-26(12-23)50-4)43-41-21-7-9-29(31(37)15-21)30-10-8-22(16-32(30)38)42-44-34(20(2)46)36(48)40-24-13-27(51-5)18-28(14-24)52-6/h7-18,33-34H,1-6H3,(H,39,47)(H,40,48). The fourth-order valence-electron chi connectivity index (χ4n) is 4.64. The van der Waals surface area contributed by atoms with E-state index in [1.807, 2.05) is 0 Å². The van der Waals surface area contributed by atoms with Crippen LogP contribution in [-0.2, 0) is 19.2 Å². The molecule has 0 aliphatic carbocycles. The van der Waals surface area contributed by atoms with Gasteiger partial charge in [-0.1, -0.05) is 35.3 Å². The van der Waals surface area contributed by atoms with Crippen molar-refractivity contribution in [1.29, 1.82) is 0 Å². The number of methoxy groups -OCH3 is 4. The zero-order chi connectivity index (χ0) is 37.9. The molecule has 4 aromatic carbocycles. The molecule has 2 N–H and O–H groups in total. The quantitative estimate of drug-likeness (QED) is 0.0905. The van der Waals surface area contributed by atoms with Crippen molar-refractivity contribution in [3.8, 4) is 34.1 Å². The summed E-state index contributed by atoms with van der Waals surface area (Å²) in [4.78, 5) is 50.5. The van der Waals surface area contributed by atoms with Gasteiger partial charge < -0.3 is 29.6 Å². The number of ether oxygens (including phenoxy) is 4. The van der Waals surface area contributed by atoms with E-state index in [-0.39, 0.29) is 21.4 Å². The average Bonchev–Trinajstić information content (AvgIpc) is 3.11. The van der Waals surface area contributed by atoms with E-state index in [4.69, 9.17) is 42.1 Å². The summed E-state index contributed by atoms with van der Waals surface area (Å²) in [6.45, 7) is 2.46. The number of halogens is 2. The number of carbonyl (C=O) groups is 4. The lowest BCUT2D eigenvalue weighted by Crippen LogP contribution is -2.31. The minimum Gasteiger partial charge on any atom is -0.497 e. The van der Waals surface area contributed by atoms with E-state index in [0.717, 1.165) is 0 Å². The van der Waals surface area contributed by atoms with Gasteiger partial charge in [0.25, 0.3) is 11.8 Å². The van der Waals surface area contributed by atoms with Crippen molar-refractivity contribution in [2.75, 3.05) is 39.1 Å². The maximum Gasteiger partial charge on any atom is 0.258 e. The summed E-state index contributed by atoms with van der Waals surface area (Å²) >= 11 is 13.2. The topological polar surface area (TPSA) is 179 Å². The lowest BCUT2D eigenvalue weighted by Gasteiger charge is -2.12. The summed E-state index contributed by atoms with van der Waals surface area (Å²) in [7, 11) is 5.89. The van der Waals surface area contributed by atoms with Crippen LogP contribution in [0.4, 0.5) is 22.7 Å². The first-order valence-corrected chi connectivity index (χ1v) is 16.1. The second-order valence-electron chi connectivity index (χ2n) is 11.0. The van der Waals surface area contributed by atoms with Crippen LogP contribution in [0, 0.1) is 0 Å². The predicted molar refractivity (Wildman–Crippen MR) is 196 cm³/mol. The molecule has 270 valence electrons. The zero-order valence-corrected chi connectivity index (χ0v) is 30.4. The third-order valence-electron chi connectivity index (χ3n) is 7.28. The SMILES string of the molecule is COc1cc(NC(=O)C(N=Nc2ccc(-c3ccc(N=NC(C(C)=O)C(=O)Nc4cc(OC)cc(OC)c4)cc3Cl)c(Cl)c2)C(C)=O)cc(OC)c1. The number of Topliss-reactive ketones (excluding diaryl/α,β-unsaturated/α-hetero) is 2. The Morgan fingerprint density at radius 2 is 0.865 bits per heavy atom. The number of benzene rings is 4. The molecule has 0 saturated heterocycles. The molecule has 14 nitrogen and oxygen atoms in total. The monoisotopic (exact) mass is 748 g/mol. The number of hydrogen-bond acceptors (Lipinski definition) is 12. The van der Waals surface area contributed by atoms with E-state index in [1.54, 1.807) is 60.7 Å².